The first kappa shape index (κ1) is 6.68. The van der Waals surface area contributed by atoms with Crippen LogP contribution >= 0.6 is 12.8 Å². The van der Waals surface area contributed by atoms with E-state index in [-0.39, 0.29) is 0 Å². The predicted molar refractivity (Wildman–Crippen MR) is 40.7 cm³/mol. The van der Waals surface area contributed by atoms with E-state index in [0.29, 0.717) is 5.92 Å². The summed E-state index contributed by atoms with van der Waals surface area (Å²) in [6, 6.07) is 1.97. The third kappa shape index (κ3) is 1.27. The van der Waals surface area contributed by atoms with Crippen LogP contribution < -0.4 is 0 Å². The Bertz CT molecular complexity index is 193. The van der Waals surface area contributed by atoms with E-state index in [2.05, 4.69) is 31.8 Å². The predicted octanol–water partition coefficient (Wildman–Crippen LogP) is 1.70. The lowest BCUT2D eigenvalue weighted by atomic mass is 10.1. The average molecular weight is 142 g/mol. The summed E-state index contributed by atoms with van der Waals surface area (Å²) in [5.74, 6) is 0.505. The van der Waals surface area contributed by atoms with Crippen LogP contribution in [0.15, 0.2) is 12.3 Å². The Morgan fingerprint density at radius 3 is 2.56 bits per heavy atom. The van der Waals surface area contributed by atoms with E-state index in [1.807, 2.05) is 6.07 Å². The van der Waals surface area contributed by atoms with Gasteiger partial charge in [0.1, 0.15) is 0 Å². The highest BCUT2D eigenvalue weighted by Gasteiger charge is 2.01. The first-order valence-electron chi connectivity index (χ1n) is 2.95. The second kappa shape index (κ2) is 2.43. The lowest BCUT2D eigenvalue weighted by molar-refractivity contribution is 0.789. The van der Waals surface area contributed by atoms with Crippen molar-refractivity contribution in [3.05, 3.63) is 18.0 Å². The molecule has 0 aliphatic carbocycles. The Morgan fingerprint density at radius 2 is 2.33 bits per heavy atom. The molecule has 0 radical (unpaired) electrons. The first-order chi connectivity index (χ1) is 4.22. The van der Waals surface area contributed by atoms with Crippen molar-refractivity contribution < 1.29 is 0 Å². The quantitative estimate of drug-likeness (QED) is 0.591. The molecule has 0 spiro atoms. The number of rotatable bonds is 1. The van der Waals surface area contributed by atoms with Crippen LogP contribution in [0.1, 0.15) is 25.5 Å². The Kier molecular flexibility index (Phi) is 1.81. The molecule has 0 fully saturated rings. The molecule has 0 aliphatic rings. The van der Waals surface area contributed by atoms with Crippen molar-refractivity contribution in [2.45, 2.75) is 19.8 Å². The van der Waals surface area contributed by atoms with Crippen LogP contribution in [0.5, 0.6) is 0 Å². The van der Waals surface area contributed by atoms with Crippen LogP contribution in [-0.4, -0.2) is 9.19 Å². The second-order valence-electron chi connectivity index (χ2n) is 2.30. The normalized spacial score (nSPS) is 10.7. The Morgan fingerprint density at radius 1 is 1.67 bits per heavy atom. The highest BCUT2D eigenvalue weighted by atomic mass is 32.1. The number of aromatic nitrogens is 2. The van der Waals surface area contributed by atoms with Gasteiger partial charge in [-0.15, -0.1) is 0 Å². The molecule has 1 aromatic heterocycles. The van der Waals surface area contributed by atoms with Gasteiger partial charge in [-0.05, 0) is 24.8 Å². The SMILES string of the molecule is CC(C)c1ccnn1S. The smallest absolute Gasteiger partial charge is 0.0535 e. The fourth-order valence-corrected chi connectivity index (χ4v) is 1.09. The molecule has 9 heavy (non-hydrogen) atoms. The van der Waals surface area contributed by atoms with Crippen LogP contribution in [0.4, 0.5) is 0 Å². The summed E-state index contributed by atoms with van der Waals surface area (Å²) in [6.45, 7) is 4.23. The minimum Gasteiger partial charge on any atom is -0.214 e. The van der Waals surface area contributed by atoms with Crippen LogP contribution in [0, 0.1) is 0 Å². The fourth-order valence-electron chi connectivity index (χ4n) is 0.730. The van der Waals surface area contributed by atoms with Gasteiger partial charge in [0.25, 0.3) is 0 Å². The van der Waals surface area contributed by atoms with Gasteiger partial charge in [0.15, 0.2) is 0 Å². The molecular weight excluding hydrogens is 132 g/mol. The summed E-state index contributed by atoms with van der Waals surface area (Å²) in [5, 5.41) is 3.92. The molecule has 50 valence electrons. The molecule has 0 amide bonds. The van der Waals surface area contributed by atoms with Gasteiger partial charge in [0.2, 0.25) is 0 Å². The fraction of sp³-hybridized carbons (Fsp3) is 0.500. The Labute approximate surface area is 60.4 Å². The Balaban J connectivity index is 2.94. The van der Waals surface area contributed by atoms with Crippen LogP contribution in [0.2, 0.25) is 0 Å². The molecule has 1 rings (SSSR count). The zero-order valence-electron chi connectivity index (χ0n) is 5.57. The maximum atomic E-state index is 4.09. The van der Waals surface area contributed by atoms with Crippen molar-refractivity contribution >= 4 is 12.8 Å². The van der Waals surface area contributed by atoms with Crippen molar-refractivity contribution in [3.8, 4) is 0 Å². The molecule has 0 unspecified atom stereocenters. The molecule has 0 atom stereocenters. The third-order valence-corrected chi connectivity index (χ3v) is 1.58. The van der Waals surface area contributed by atoms with Crippen molar-refractivity contribution in [1.82, 2.24) is 9.19 Å². The largest absolute Gasteiger partial charge is 0.214 e. The zero-order valence-corrected chi connectivity index (χ0v) is 6.47. The standard InChI is InChI=1S/C6H10N2S/c1-5(2)6-3-4-7-8(6)9/h3-5,9H,1-2H3. The number of hydrogen-bond donors (Lipinski definition) is 1. The summed E-state index contributed by atoms with van der Waals surface area (Å²) in [5.41, 5.74) is 1.15. The number of nitrogens with zero attached hydrogens (tertiary/aromatic N) is 2. The summed E-state index contributed by atoms with van der Waals surface area (Å²) in [6.07, 6.45) is 1.75. The van der Waals surface area contributed by atoms with Crippen LogP contribution in [0.3, 0.4) is 0 Å². The lowest BCUT2D eigenvalue weighted by Gasteiger charge is -2.01. The van der Waals surface area contributed by atoms with Crippen molar-refractivity contribution in [2.24, 2.45) is 0 Å². The molecule has 1 heterocycles. The third-order valence-electron chi connectivity index (χ3n) is 1.24. The first-order valence-corrected chi connectivity index (χ1v) is 3.35. The molecule has 3 heteroatoms. The Hall–Kier alpha value is -0.440. The van der Waals surface area contributed by atoms with Gasteiger partial charge in [-0.25, -0.2) is 4.09 Å². The average Bonchev–Trinajstić information content (AvgIpc) is 2.13. The molecule has 0 aromatic carbocycles. The number of thiol groups is 1. The topological polar surface area (TPSA) is 17.8 Å². The van der Waals surface area contributed by atoms with Gasteiger partial charge < -0.3 is 0 Å². The van der Waals surface area contributed by atoms with Gasteiger partial charge in [0.05, 0.1) is 11.9 Å². The van der Waals surface area contributed by atoms with E-state index in [0.717, 1.165) is 5.69 Å². The summed E-state index contributed by atoms with van der Waals surface area (Å²) < 4.78 is 1.60. The maximum Gasteiger partial charge on any atom is 0.0535 e. The van der Waals surface area contributed by atoms with Crippen molar-refractivity contribution in [3.63, 3.8) is 0 Å². The van der Waals surface area contributed by atoms with Crippen molar-refractivity contribution in [1.29, 1.82) is 0 Å². The molecule has 0 aliphatic heterocycles. The van der Waals surface area contributed by atoms with E-state index in [1.54, 1.807) is 10.3 Å². The lowest BCUT2D eigenvalue weighted by Crippen LogP contribution is -1.93. The maximum absolute atomic E-state index is 4.09. The van der Waals surface area contributed by atoms with Crippen LogP contribution in [-0.2, 0) is 0 Å². The molecule has 0 saturated carbocycles. The molecule has 0 N–H and O–H groups in total. The molecular formula is C6H10N2S. The minimum atomic E-state index is 0.505. The zero-order chi connectivity index (χ0) is 6.85. The van der Waals surface area contributed by atoms with E-state index < -0.39 is 0 Å². The summed E-state index contributed by atoms with van der Waals surface area (Å²) in [7, 11) is 0. The van der Waals surface area contributed by atoms with E-state index >= 15 is 0 Å². The van der Waals surface area contributed by atoms with Crippen molar-refractivity contribution in [2.75, 3.05) is 0 Å². The molecule has 2 nitrogen and oxygen atoms in total. The second-order valence-corrected chi connectivity index (χ2v) is 2.68. The molecule has 0 saturated heterocycles. The number of hydrogen-bond acceptors (Lipinski definition) is 2. The van der Waals surface area contributed by atoms with Gasteiger partial charge >= 0.3 is 0 Å². The van der Waals surface area contributed by atoms with E-state index in [9.17, 15) is 0 Å². The summed E-state index contributed by atoms with van der Waals surface area (Å²) >= 11 is 4.09. The van der Waals surface area contributed by atoms with Crippen LogP contribution in [0.25, 0.3) is 0 Å². The van der Waals surface area contributed by atoms with Gasteiger partial charge in [0, 0.05) is 0 Å². The summed E-state index contributed by atoms with van der Waals surface area (Å²) in [4.78, 5) is 0. The highest BCUT2D eigenvalue weighted by Crippen LogP contribution is 2.12. The van der Waals surface area contributed by atoms with E-state index in [4.69, 9.17) is 0 Å². The molecule has 1 aromatic rings. The highest BCUT2D eigenvalue weighted by molar-refractivity contribution is 7.78. The van der Waals surface area contributed by atoms with E-state index in [1.165, 1.54) is 0 Å². The van der Waals surface area contributed by atoms with Gasteiger partial charge in [-0.1, -0.05) is 13.8 Å². The monoisotopic (exact) mass is 142 g/mol. The minimum absolute atomic E-state index is 0.505. The molecule has 0 bridgehead atoms. The van der Waals surface area contributed by atoms with Gasteiger partial charge in [-0.2, -0.15) is 5.10 Å². The van der Waals surface area contributed by atoms with Gasteiger partial charge in [-0.3, -0.25) is 0 Å².